The summed E-state index contributed by atoms with van der Waals surface area (Å²) in [6, 6.07) is 8.45. The summed E-state index contributed by atoms with van der Waals surface area (Å²) >= 11 is 1.37. The second-order valence-electron chi connectivity index (χ2n) is 8.18. The number of aromatic nitrogens is 4. The molecule has 1 N–H and O–H groups in total. The number of halogens is 2. The number of carbonyl (C=O) groups is 1. The summed E-state index contributed by atoms with van der Waals surface area (Å²) in [6.45, 7) is 3.17. The van der Waals surface area contributed by atoms with E-state index in [4.69, 9.17) is 0 Å². The van der Waals surface area contributed by atoms with Crippen LogP contribution in [0.5, 0.6) is 0 Å². The first-order valence-electron chi connectivity index (χ1n) is 10.8. The van der Waals surface area contributed by atoms with E-state index in [1.54, 1.807) is 11.0 Å². The number of carbonyl (C=O) groups excluding carboxylic acids is 1. The Hall–Kier alpha value is -3.40. The summed E-state index contributed by atoms with van der Waals surface area (Å²) in [4.78, 5) is 21.3. The highest BCUT2D eigenvalue weighted by atomic mass is 32.1. The largest absolute Gasteiger partial charge is 0.359 e. The molecule has 3 heterocycles. The zero-order chi connectivity index (χ0) is 22.9. The molecule has 0 spiro atoms. The van der Waals surface area contributed by atoms with Gasteiger partial charge in [0, 0.05) is 13.1 Å². The normalized spacial score (nSPS) is 18.6. The smallest absolute Gasteiger partial charge is 0.256 e. The Balaban J connectivity index is 1.40. The van der Waals surface area contributed by atoms with Crippen LogP contribution >= 0.6 is 11.3 Å². The molecule has 10 heteroatoms. The average Bonchev–Trinajstić information content (AvgIpc) is 3.47. The molecule has 4 aromatic rings. The quantitative estimate of drug-likeness (QED) is 0.467. The average molecular weight is 469 g/mol. The lowest BCUT2D eigenvalue weighted by Gasteiger charge is -2.40. The number of benzene rings is 2. The predicted octanol–water partition coefficient (Wildman–Crippen LogP) is 4.51. The number of likely N-dealkylation sites (tertiary alicyclic amines) is 1. The van der Waals surface area contributed by atoms with Crippen LogP contribution in [0.4, 0.5) is 13.9 Å². The van der Waals surface area contributed by atoms with Gasteiger partial charge in [0.1, 0.15) is 11.6 Å². The Morgan fingerprint density at radius 2 is 1.91 bits per heavy atom. The molecule has 0 bridgehead atoms. The molecule has 33 heavy (non-hydrogen) atoms. The van der Waals surface area contributed by atoms with E-state index in [1.165, 1.54) is 58.9 Å². The highest BCUT2D eigenvalue weighted by molar-refractivity contribution is 7.22. The van der Waals surface area contributed by atoms with Crippen molar-refractivity contribution in [3.05, 3.63) is 66.0 Å². The van der Waals surface area contributed by atoms with Crippen LogP contribution in [-0.2, 0) is 0 Å². The Morgan fingerprint density at radius 1 is 1.15 bits per heavy atom. The molecule has 2 aromatic carbocycles. The number of nitrogens with one attached hydrogen (secondary N) is 1. The number of nitrogens with zero attached hydrogens (tertiary/aromatic N) is 5. The van der Waals surface area contributed by atoms with Gasteiger partial charge in [-0.05, 0) is 55.2 Å². The summed E-state index contributed by atoms with van der Waals surface area (Å²) in [7, 11) is 0. The number of amides is 1. The van der Waals surface area contributed by atoms with E-state index in [-0.39, 0.29) is 29.2 Å². The molecule has 0 saturated carbocycles. The highest BCUT2D eigenvalue weighted by Gasteiger charge is 2.34. The van der Waals surface area contributed by atoms with Crippen LogP contribution in [0.2, 0.25) is 0 Å². The van der Waals surface area contributed by atoms with Gasteiger partial charge >= 0.3 is 0 Å². The van der Waals surface area contributed by atoms with Gasteiger partial charge in [-0.15, -0.1) is 0 Å². The number of thiazole rings is 1. The van der Waals surface area contributed by atoms with E-state index in [2.05, 4.69) is 27.4 Å². The molecule has 5 rings (SSSR count). The topological polar surface area (TPSA) is 75.9 Å². The fourth-order valence-electron chi connectivity index (χ4n) is 4.33. The first kappa shape index (κ1) is 21.4. The van der Waals surface area contributed by atoms with Gasteiger partial charge in [0.15, 0.2) is 5.13 Å². The molecular weight excluding hydrogens is 446 g/mol. The highest BCUT2D eigenvalue weighted by Crippen LogP contribution is 2.30. The summed E-state index contributed by atoms with van der Waals surface area (Å²) < 4.78 is 28.4. The van der Waals surface area contributed by atoms with Gasteiger partial charge in [-0.25, -0.2) is 13.8 Å². The lowest BCUT2D eigenvalue weighted by atomic mass is 9.90. The summed E-state index contributed by atoms with van der Waals surface area (Å²) in [5.74, 6) is -0.808. The maximum absolute atomic E-state index is 14.1. The number of piperidine rings is 1. The van der Waals surface area contributed by atoms with Crippen LogP contribution in [0.25, 0.3) is 15.9 Å². The lowest BCUT2D eigenvalue weighted by Crippen LogP contribution is -2.51. The van der Waals surface area contributed by atoms with E-state index < -0.39 is 5.82 Å². The molecule has 2 aromatic heterocycles. The first-order chi connectivity index (χ1) is 16.0. The summed E-state index contributed by atoms with van der Waals surface area (Å²) in [5.41, 5.74) is 1.38. The Bertz CT molecular complexity index is 1290. The Morgan fingerprint density at radius 3 is 2.73 bits per heavy atom. The van der Waals surface area contributed by atoms with Crippen LogP contribution < -0.4 is 5.32 Å². The molecule has 1 amide bonds. The molecule has 1 fully saturated rings. The second-order valence-corrected chi connectivity index (χ2v) is 9.21. The zero-order valence-electron chi connectivity index (χ0n) is 17.9. The first-order valence-corrected chi connectivity index (χ1v) is 11.6. The van der Waals surface area contributed by atoms with Gasteiger partial charge in [0.25, 0.3) is 5.91 Å². The second kappa shape index (κ2) is 8.86. The number of fused-ring (bicyclic) bond motifs is 1. The van der Waals surface area contributed by atoms with Gasteiger partial charge in [-0.1, -0.05) is 18.3 Å². The van der Waals surface area contributed by atoms with Crippen molar-refractivity contribution in [2.45, 2.75) is 25.8 Å². The van der Waals surface area contributed by atoms with Gasteiger partial charge < -0.3 is 10.2 Å². The van der Waals surface area contributed by atoms with Gasteiger partial charge in [0.2, 0.25) is 0 Å². The maximum atomic E-state index is 14.1. The minimum Gasteiger partial charge on any atom is -0.359 e. The van der Waals surface area contributed by atoms with Gasteiger partial charge in [0.05, 0.1) is 39.9 Å². The molecule has 1 aliphatic heterocycles. The molecule has 1 saturated heterocycles. The molecule has 7 nitrogen and oxygen atoms in total. The minimum atomic E-state index is -0.490. The van der Waals surface area contributed by atoms with E-state index in [9.17, 15) is 13.6 Å². The van der Waals surface area contributed by atoms with Gasteiger partial charge in [-0.3, -0.25) is 4.79 Å². The lowest BCUT2D eigenvalue weighted by molar-refractivity contribution is 0.0539. The standard InChI is InChI=1S/C23H22F2N6OS/c1-14-3-2-10-30(20(14)13-26-23-29-18-6-4-16(25)12-21(18)33-23)22(32)17-11-15(24)5-7-19(17)31-27-8-9-28-31/h4-9,11-12,14,20H,2-3,10,13H2,1H3,(H,26,29)/t14-,20-/m1/s1. The van der Waals surface area contributed by atoms with Crippen molar-refractivity contribution in [2.24, 2.45) is 5.92 Å². The van der Waals surface area contributed by atoms with Crippen molar-refractivity contribution in [1.29, 1.82) is 0 Å². The van der Waals surface area contributed by atoms with Crippen molar-refractivity contribution in [2.75, 3.05) is 18.4 Å². The van der Waals surface area contributed by atoms with E-state index in [0.717, 1.165) is 23.1 Å². The molecule has 0 unspecified atom stereocenters. The molecule has 170 valence electrons. The Kier molecular flexibility index (Phi) is 5.76. The predicted molar refractivity (Wildman–Crippen MR) is 123 cm³/mol. The molecule has 2 atom stereocenters. The minimum absolute atomic E-state index is 0.114. The van der Waals surface area contributed by atoms with Crippen molar-refractivity contribution in [1.82, 2.24) is 24.9 Å². The SMILES string of the molecule is C[C@@H]1CCCN(C(=O)c2cc(F)ccc2-n2nccn2)[C@@H]1CNc1nc2ccc(F)cc2s1. The van der Waals surface area contributed by atoms with Crippen LogP contribution in [-0.4, -0.2) is 49.9 Å². The van der Waals surface area contributed by atoms with Crippen LogP contribution in [0.15, 0.2) is 48.8 Å². The molecule has 1 aliphatic rings. The van der Waals surface area contributed by atoms with Crippen LogP contribution in [0.3, 0.4) is 0 Å². The summed E-state index contributed by atoms with van der Waals surface area (Å²) in [5, 5.41) is 12.2. The number of hydrogen-bond acceptors (Lipinski definition) is 6. The number of hydrogen-bond donors (Lipinski definition) is 1. The number of anilines is 1. The van der Waals surface area contributed by atoms with Crippen LogP contribution in [0.1, 0.15) is 30.1 Å². The zero-order valence-corrected chi connectivity index (χ0v) is 18.7. The fraction of sp³-hybridized carbons (Fsp3) is 0.304. The Labute approximate surface area is 193 Å². The van der Waals surface area contributed by atoms with Crippen LogP contribution in [0, 0.1) is 17.6 Å². The molecular formula is C23H22F2N6OS. The van der Waals surface area contributed by atoms with Crippen molar-refractivity contribution in [3.63, 3.8) is 0 Å². The van der Waals surface area contributed by atoms with Gasteiger partial charge in [-0.2, -0.15) is 15.0 Å². The van der Waals surface area contributed by atoms with Crippen molar-refractivity contribution in [3.8, 4) is 5.69 Å². The monoisotopic (exact) mass is 468 g/mol. The van der Waals surface area contributed by atoms with Crippen molar-refractivity contribution < 1.29 is 13.6 Å². The molecule has 0 aliphatic carbocycles. The van der Waals surface area contributed by atoms with E-state index >= 15 is 0 Å². The third-order valence-electron chi connectivity index (χ3n) is 6.01. The molecule has 0 radical (unpaired) electrons. The van der Waals surface area contributed by atoms with Crippen molar-refractivity contribution >= 4 is 32.6 Å². The summed E-state index contributed by atoms with van der Waals surface area (Å²) in [6.07, 6.45) is 4.88. The van der Waals surface area contributed by atoms with E-state index in [1.807, 2.05) is 0 Å². The maximum Gasteiger partial charge on any atom is 0.256 e. The fourth-order valence-corrected chi connectivity index (χ4v) is 5.22. The third-order valence-corrected chi connectivity index (χ3v) is 6.99. The number of rotatable bonds is 5. The van der Waals surface area contributed by atoms with E-state index in [0.29, 0.717) is 23.9 Å². The third kappa shape index (κ3) is 4.30.